The van der Waals surface area contributed by atoms with Gasteiger partial charge in [0.25, 0.3) is 0 Å². The number of nitrogens with one attached hydrogen (secondary N) is 2. The van der Waals surface area contributed by atoms with Crippen molar-refractivity contribution in [2.24, 2.45) is 11.3 Å². The van der Waals surface area contributed by atoms with Crippen LogP contribution in [0, 0.1) is 18.3 Å². The highest BCUT2D eigenvalue weighted by Crippen LogP contribution is 2.70. The number of alkyl carbamates (subject to hydrolysis) is 1. The number of carbonyl (C=O) groups is 3. The predicted molar refractivity (Wildman–Crippen MR) is 154 cm³/mol. The number of hydrogen-bond acceptors (Lipinski definition) is 5. The number of aryl methyl sites for hydroxylation is 1. The number of carbonyl (C=O) groups excluding carboxylic acids is 3. The summed E-state index contributed by atoms with van der Waals surface area (Å²) in [5.41, 5.74) is 1.15. The first-order valence-corrected chi connectivity index (χ1v) is 16.2. The van der Waals surface area contributed by atoms with Crippen LogP contribution in [0.5, 0.6) is 0 Å². The van der Waals surface area contributed by atoms with Gasteiger partial charge in [0.2, 0.25) is 19.2 Å². The van der Waals surface area contributed by atoms with Gasteiger partial charge in [-0.15, -0.1) is 6.58 Å². The largest absolute Gasteiger partial charge is 0.446 e. The zero-order chi connectivity index (χ0) is 29.3. The van der Waals surface area contributed by atoms with Crippen LogP contribution >= 0.6 is 7.37 Å². The summed E-state index contributed by atoms with van der Waals surface area (Å²) in [6, 6.07) is 5.75. The van der Waals surface area contributed by atoms with Crippen molar-refractivity contribution >= 4 is 25.3 Å². The number of likely N-dealkylation sites (tertiary alicyclic amines) is 1. The fraction of sp³-hybridized carbons (Fsp3) is 0.633. The highest BCUT2D eigenvalue weighted by atomic mass is 31.2. The summed E-state index contributed by atoms with van der Waals surface area (Å²) in [6.07, 6.45) is 5.84. The molecule has 1 aromatic carbocycles. The van der Waals surface area contributed by atoms with Crippen molar-refractivity contribution in [2.75, 3.05) is 6.54 Å². The first-order chi connectivity index (χ1) is 18.8. The Labute approximate surface area is 237 Å². The molecule has 1 aliphatic heterocycles. The monoisotopic (exact) mass is 573 g/mol. The first kappa shape index (κ1) is 30.3. The summed E-state index contributed by atoms with van der Waals surface area (Å²) < 4.78 is 19.3. The minimum atomic E-state index is -3.89. The molecule has 0 aromatic heterocycles. The van der Waals surface area contributed by atoms with Crippen molar-refractivity contribution in [3.05, 3.63) is 48.0 Å². The minimum absolute atomic E-state index is 0.0651. The van der Waals surface area contributed by atoms with Gasteiger partial charge in [-0.05, 0) is 62.8 Å². The number of hydrogen-bond donors (Lipinski definition) is 3. The van der Waals surface area contributed by atoms with E-state index in [1.54, 1.807) is 6.08 Å². The van der Waals surface area contributed by atoms with E-state index in [2.05, 4.69) is 17.2 Å². The highest BCUT2D eigenvalue weighted by Gasteiger charge is 2.65. The molecule has 9 nitrogen and oxygen atoms in total. The smallest absolute Gasteiger partial charge is 0.408 e. The molecule has 1 aromatic rings. The lowest BCUT2D eigenvalue weighted by Gasteiger charge is -2.36. The molecule has 10 heteroatoms. The molecular weight excluding hydrogens is 529 g/mol. The standard InChI is InChI=1S/C30H44N3O6P/c1-6-22-18-30(22,40(37,38)19-21-15-13-20(2)14-16-21)32-26(34)24-12-9-17-33(24)27(35)25(29(3,4)5)31-28(36)39-23-10-7-8-11-23/h6,13-16,22-25H,1,7-12,17-19H2,2-5H3,(H,31,36)(H,32,34)(H,37,38)/t22-,24+,25-,30+/m1/s1. The van der Waals surface area contributed by atoms with E-state index in [0.29, 0.717) is 25.8 Å². The van der Waals surface area contributed by atoms with E-state index in [9.17, 15) is 23.8 Å². The van der Waals surface area contributed by atoms with Crippen molar-refractivity contribution in [3.8, 4) is 0 Å². The molecule has 2 saturated carbocycles. The fourth-order valence-electron chi connectivity index (χ4n) is 5.99. The van der Waals surface area contributed by atoms with E-state index in [-0.39, 0.29) is 24.1 Å². The molecule has 3 N–H and O–H groups in total. The Balaban J connectivity index is 1.48. The molecule has 40 heavy (non-hydrogen) atoms. The maximum absolute atomic E-state index is 13.8. The van der Waals surface area contributed by atoms with Gasteiger partial charge < -0.3 is 25.2 Å². The molecule has 0 radical (unpaired) electrons. The minimum Gasteiger partial charge on any atom is -0.446 e. The number of ether oxygens (including phenoxy) is 1. The topological polar surface area (TPSA) is 125 Å². The van der Waals surface area contributed by atoms with Crippen LogP contribution in [0.4, 0.5) is 4.79 Å². The van der Waals surface area contributed by atoms with Gasteiger partial charge in [-0.2, -0.15) is 0 Å². The van der Waals surface area contributed by atoms with Crippen LogP contribution < -0.4 is 10.6 Å². The van der Waals surface area contributed by atoms with Gasteiger partial charge in [0, 0.05) is 12.5 Å². The van der Waals surface area contributed by atoms with Gasteiger partial charge in [0.1, 0.15) is 23.5 Å². The van der Waals surface area contributed by atoms with Crippen LogP contribution in [0.2, 0.25) is 0 Å². The SMILES string of the molecule is C=C[C@@H]1C[C@]1(NC(=O)[C@@H]1CCCN1C(=O)[C@@H](NC(=O)OC1CCCC1)C(C)(C)C)P(=O)(O)Cc1ccc(C)cc1. The number of amides is 3. The Morgan fingerprint density at radius 3 is 2.40 bits per heavy atom. The third-order valence-corrected chi connectivity index (χ3v) is 11.2. The van der Waals surface area contributed by atoms with Gasteiger partial charge in [-0.3, -0.25) is 14.2 Å². The molecule has 2 aliphatic carbocycles. The highest BCUT2D eigenvalue weighted by molar-refractivity contribution is 7.59. The van der Waals surface area contributed by atoms with Crippen molar-refractivity contribution in [1.82, 2.24) is 15.5 Å². The van der Waals surface area contributed by atoms with E-state index in [1.807, 2.05) is 52.0 Å². The predicted octanol–water partition coefficient (Wildman–Crippen LogP) is 4.86. The zero-order valence-electron chi connectivity index (χ0n) is 24.2. The van der Waals surface area contributed by atoms with Crippen LogP contribution in [-0.2, 0) is 25.1 Å². The quantitative estimate of drug-likeness (QED) is 0.286. The lowest BCUT2D eigenvalue weighted by molar-refractivity contribution is -0.142. The Hall–Kier alpha value is -2.64. The van der Waals surface area contributed by atoms with Crippen molar-refractivity contribution in [2.45, 2.75) is 102 Å². The third kappa shape index (κ3) is 6.46. The molecule has 1 unspecified atom stereocenters. The Morgan fingerprint density at radius 1 is 1.18 bits per heavy atom. The molecule has 3 amide bonds. The van der Waals surface area contributed by atoms with Gasteiger partial charge in [-0.25, -0.2) is 4.79 Å². The fourth-order valence-corrected chi connectivity index (χ4v) is 8.37. The summed E-state index contributed by atoms with van der Waals surface area (Å²) >= 11 is 0. The van der Waals surface area contributed by atoms with Gasteiger partial charge in [0.15, 0.2) is 0 Å². The van der Waals surface area contributed by atoms with E-state index < -0.39 is 42.1 Å². The van der Waals surface area contributed by atoms with Crippen LogP contribution in [0.15, 0.2) is 36.9 Å². The molecule has 1 heterocycles. The first-order valence-electron chi connectivity index (χ1n) is 14.4. The van der Waals surface area contributed by atoms with E-state index in [4.69, 9.17) is 4.74 Å². The summed E-state index contributed by atoms with van der Waals surface area (Å²) in [7, 11) is -3.89. The Bertz CT molecular complexity index is 1170. The van der Waals surface area contributed by atoms with Crippen molar-refractivity contribution in [1.29, 1.82) is 0 Å². The number of benzene rings is 1. The van der Waals surface area contributed by atoms with E-state index in [1.165, 1.54) is 4.90 Å². The maximum Gasteiger partial charge on any atom is 0.408 e. The van der Waals surface area contributed by atoms with Gasteiger partial charge in [-0.1, -0.05) is 56.7 Å². The summed E-state index contributed by atoms with van der Waals surface area (Å²) in [5, 5.41) is 4.37. The summed E-state index contributed by atoms with van der Waals surface area (Å²) in [4.78, 5) is 52.9. The van der Waals surface area contributed by atoms with Crippen molar-refractivity contribution < 1.29 is 28.6 Å². The summed E-state index contributed by atoms with van der Waals surface area (Å²) in [5.74, 6) is -1.14. The average Bonchev–Trinajstić information content (AvgIpc) is 3.21. The lowest BCUT2D eigenvalue weighted by atomic mass is 9.85. The Kier molecular flexibility index (Phi) is 8.86. The Morgan fingerprint density at radius 2 is 1.82 bits per heavy atom. The normalized spacial score (nSPS) is 27.0. The number of nitrogens with zero attached hydrogens (tertiary/aromatic N) is 1. The van der Waals surface area contributed by atoms with Crippen LogP contribution in [0.3, 0.4) is 0 Å². The molecule has 3 fully saturated rings. The molecule has 0 bridgehead atoms. The van der Waals surface area contributed by atoms with Crippen LogP contribution in [-0.4, -0.2) is 57.7 Å². The average molecular weight is 574 g/mol. The van der Waals surface area contributed by atoms with E-state index >= 15 is 0 Å². The molecule has 4 rings (SSSR count). The molecule has 3 aliphatic rings. The van der Waals surface area contributed by atoms with Crippen LogP contribution in [0.1, 0.15) is 76.8 Å². The van der Waals surface area contributed by atoms with Crippen LogP contribution in [0.25, 0.3) is 0 Å². The summed E-state index contributed by atoms with van der Waals surface area (Å²) in [6.45, 7) is 11.7. The maximum atomic E-state index is 13.8. The third-order valence-electron chi connectivity index (χ3n) is 8.54. The van der Waals surface area contributed by atoms with Gasteiger partial charge in [0.05, 0.1) is 6.16 Å². The zero-order valence-corrected chi connectivity index (χ0v) is 25.0. The second-order valence-electron chi connectivity index (χ2n) is 12.7. The van der Waals surface area contributed by atoms with E-state index in [0.717, 1.165) is 36.8 Å². The number of rotatable bonds is 9. The molecule has 5 atom stereocenters. The van der Waals surface area contributed by atoms with Gasteiger partial charge >= 0.3 is 6.09 Å². The molecule has 220 valence electrons. The second kappa shape index (κ2) is 11.7. The van der Waals surface area contributed by atoms with Crippen molar-refractivity contribution in [3.63, 3.8) is 0 Å². The molecule has 0 spiro atoms. The lowest BCUT2D eigenvalue weighted by Crippen LogP contribution is -2.58. The second-order valence-corrected chi connectivity index (χ2v) is 15.3. The molecule has 1 saturated heterocycles. The molecular formula is C30H44N3O6P.